The van der Waals surface area contributed by atoms with Crippen LogP contribution in [0.15, 0.2) is 60.8 Å². The van der Waals surface area contributed by atoms with Crippen LogP contribution in [0.5, 0.6) is 0 Å². The molecule has 3 atom stereocenters. The molecule has 0 aromatic heterocycles. The smallest absolute Gasteiger partial charge is 0.347 e. The third-order valence-electron chi connectivity index (χ3n) is 23.6. The highest BCUT2D eigenvalue weighted by atomic mass is 16.6. The van der Waals surface area contributed by atoms with Crippen molar-refractivity contribution >= 4 is 47.8 Å². The van der Waals surface area contributed by atoms with Crippen molar-refractivity contribution in [2.24, 2.45) is 88.8 Å². The first-order valence-corrected chi connectivity index (χ1v) is 33.8. The van der Waals surface area contributed by atoms with Crippen molar-refractivity contribution in [1.29, 1.82) is 0 Å². The molecule has 17 rings (SSSR count). The molecule has 498 valence electrons. The Hall–Kier alpha value is -5.58. The number of hydrogen-bond donors (Lipinski definition) is 1. The quantitative estimate of drug-likeness (QED) is 0.0912. The van der Waals surface area contributed by atoms with Gasteiger partial charge in [-0.2, -0.15) is 0 Å². The van der Waals surface area contributed by atoms with Crippen LogP contribution in [0.25, 0.3) is 0 Å². The summed E-state index contributed by atoms with van der Waals surface area (Å²) in [4.78, 5) is 92.3. The average molecular weight is 1250 g/mol. The second kappa shape index (κ2) is 27.2. The van der Waals surface area contributed by atoms with Gasteiger partial charge in [0.05, 0.1) is 12.2 Å². The molecule has 1 heterocycles. The number of esters is 8. The van der Waals surface area contributed by atoms with E-state index in [-0.39, 0.29) is 40.3 Å². The molecule has 16 bridgehead atoms. The van der Waals surface area contributed by atoms with Crippen LogP contribution >= 0.6 is 0 Å². The molecule has 0 amide bonds. The van der Waals surface area contributed by atoms with Crippen molar-refractivity contribution in [3.63, 3.8) is 0 Å². The molecular formula is C73H104O17. The molecule has 17 aliphatic rings. The van der Waals surface area contributed by atoms with Gasteiger partial charge in [0.1, 0.15) is 22.4 Å². The summed E-state index contributed by atoms with van der Waals surface area (Å²) in [5, 5.41) is 10.5. The van der Waals surface area contributed by atoms with Crippen molar-refractivity contribution in [3.05, 3.63) is 60.8 Å². The van der Waals surface area contributed by atoms with Crippen LogP contribution in [0.2, 0.25) is 0 Å². The molecule has 0 spiro atoms. The van der Waals surface area contributed by atoms with Crippen LogP contribution < -0.4 is 0 Å². The Morgan fingerprint density at radius 2 is 0.833 bits per heavy atom. The number of hydrogen-bond acceptors (Lipinski definition) is 17. The van der Waals surface area contributed by atoms with E-state index in [9.17, 15) is 43.5 Å². The topological polar surface area (TPSA) is 231 Å². The highest BCUT2D eigenvalue weighted by Gasteiger charge is 2.63. The molecule has 1 saturated heterocycles. The number of carbonyl (C=O) groups excluding carboxylic acids is 8. The molecule has 90 heavy (non-hydrogen) atoms. The first-order valence-electron chi connectivity index (χ1n) is 33.8. The summed E-state index contributed by atoms with van der Waals surface area (Å²) in [7, 11) is 0. The minimum absolute atomic E-state index is 0.179. The minimum Gasteiger partial charge on any atom is -0.463 e. The van der Waals surface area contributed by atoms with Crippen LogP contribution in [0, 0.1) is 88.8 Å². The minimum atomic E-state index is -0.776. The Balaban J connectivity index is 0.000000136. The number of aliphatic hydroxyl groups is 1. The van der Waals surface area contributed by atoms with Crippen LogP contribution in [0.3, 0.4) is 0 Å². The van der Waals surface area contributed by atoms with Gasteiger partial charge in [0.15, 0.2) is 13.2 Å². The fraction of sp³-hybridized carbons (Fsp3) is 0.753. The summed E-state index contributed by atoms with van der Waals surface area (Å²) in [5.74, 6) is 6.24. The maximum atomic E-state index is 12.2. The number of rotatable bonds is 15. The van der Waals surface area contributed by atoms with Crippen LogP contribution in [-0.2, 0) is 76.3 Å². The number of ether oxygens (including phenoxy) is 8. The van der Waals surface area contributed by atoms with Crippen LogP contribution in [0.1, 0.15) is 204 Å². The monoisotopic (exact) mass is 1250 g/mol. The standard InChI is InChI=1S/C19H26O6.C17H26O2.C15H22O2.C14H20O3.C8H10O4/c1-11(2)18(22)24-9-16(20)23-10-17(21)25-19(3)14-5-12-4-13(7-14)8-15(19)6-12;1-10(2)16(18)19-17(11(3)4)14-6-12-5-13(8-14)9-15(17)7-12;1-9(2)14(16)17-15(3)12-5-10-4-11(7-12)8-13(15)6-10;1-9(2)12(15)17-14-6-10-3-11(7-14)5-13(16,4-10)8-14;1-5(2)7(9)12-6-3-4-11-8(6)10/h12-15H,1,4-10H2,2-3H3;11-15H,1,5-9H2,2-4H3;10-13H,1,4-8H2,2-3H3;10-11,16H,1,3-8H2,2H3;6H,1,3-4H2,2H3. The largest absolute Gasteiger partial charge is 0.463 e. The Morgan fingerprint density at radius 3 is 1.21 bits per heavy atom. The van der Waals surface area contributed by atoms with Gasteiger partial charge >= 0.3 is 47.8 Å². The van der Waals surface area contributed by atoms with Gasteiger partial charge in [-0.15, -0.1) is 0 Å². The van der Waals surface area contributed by atoms with Crippen molar-refractivity contribution in [1.82, 2.24) is 0 Å². The molecular weight excluding hydrogens is 1150 g/mol. The van der Waals surface area contributed by atoms with E-state index in [0.717, 1.165) is 86.9 Å². The maximum Gasteiger partial charge on any atom is 0.347 e. The van der Waals surface area contributed by atoms with E-state index >= 15 is 0 Å². The van der Waals surface area contributed by atoms with Gasteiger partial charge in [-0.05, 0) is 266 Å². The molecule has 0 radical (unpaired) electrons. The lowest BCUT2D eigenvalue weighted by Gasteiger charge is -2.61. The summed E-state index contributed by atoms with van der Waals surface area (Å²) >= 11 is 0. The molecule has 0 aromatic rings. The zero-order valence-electron chi connectivity index (χ0n) is 55.4. The zero-order chi connectivity index (χ0) is 65.6. The number of cyclic esters (lactones) is 1. The molecule has 17 nitrogen and oxygen atoms in total. The van der Waals surface area contributed by atoms with E-state index in [1.54, 1.807) is 20.8 Å². The van der Waals surface area contributed by atoms with Gasteiger partial charge in [0.2, 0.25) is 6.10 Å². The van der Waals surface area contributed by atoms with E-state index in [1.807, 2.05) is 6.92 Å². The lowest BCUT2D eigenvalue weighted by molar-refractivity contribution is -0.221. The normalized spacial score (nSPS) is 39.6. The lowest BCUT2D eigenvalue weighted by atomic mass is 9.47. The average Bonchev–Trinajstić information content (AvgIpc) is 0.828. The predicted octanol–water partition coefficient (Wildman–Crippen LogP) is 12.3. The predicted molar refractivity (Wildman–Crippen MR) is 334 cm³/mol. The first kappa shape index (κ1) is 68.8. The summed E-state index contributed by atoms with van der Waals surface area (Å²) < 4.78 is 42.3. The molecule has 1 N–H and O–H groups in total. The molecule has 16 aliphatic carbocycles. The summed E-state index contributed by atoms with van der Waals surface area (Å²) in [6.07, 6.45) is 24.1. The van der Waals surface area contributed by atoms with Gasteiger partial charge in [0, 0.05) is 40.7 Å². The van der Waals surface area contributed by atoms with Crippen LogP contribution in [0.4, 0.5) is 0 Å². The molecule has 1 aliphatic heterocycles. The van der Waals surface area contributed by atoms with Crippen molar-refractivity contribution in [2.75, 3.05) is 19.8 Å². The van der Waals surface area contributed by atoms with Crippen molar-refractivity contribution in [2.45, 2.75) is 238 Å². The van der Waals surface area contributed by atoms with Gasteiger partial charge in [-0.1, -0.05) is 46.7 Å². The third-order valence-corrected chi connectivity index (χ3v) is 23.6. The second-order valence-corrected chi connectivity index (χ2v) is 31.3. The fourth-order valence-corrected chi connectivity index (χ4v) is 20.3. The second-order valence-electron chi connectivity index (χ2n) is 31.3. The van der Waals surface area contributed by atoms with E-state index in [0.29, 0.717) is 89.4 Å². The Morgan fingerprint density at radius 1 is 0.467 bits per heavy atom. The summed E-state index contributed by atoms with van der Waals surface area (Å²) in [6, 6.07) is 0. The van der Waals surface area contributed by atoms with E-state index in [4.69, 9.17) is 28.4 Å². The highest BCUT2D eigenvalue weighted by molar-refractivity contribution is 5.90. The van der Waals surface area contributed by atoms with Crippen molar-refractivity contribution < 1.29 is 81.4 Å². The summed E-state index contributed by atoms with van der Waals surface area (Å²) in [6.45, 7) is 34.1. The lowest BCUT2D eigenvalue weighted by Crippen LogP contribution is -2.62. The van der Waals surface area contributed by atoms with Gasteiger partial charge < -0.3 is 43.0 Å². The summed E-state index contributed by atoms with van der Waals surface area (Å²) in [5.41, 5.74) is 0.184. The zero-order valence-corrected chi connectivity index (χ0v) is 55.4. The van der Waals surface area contributed by atoms with Gasteiger partial charge in [-0.25, -0.2) is 38.4 Å². The SMILES string of the molecule is C=C(C)C(=O)OC1(C(C)C)C2CC3CC(C2)CC1C3.C=C(C)C(=O)OC1(C)C2CC3CC(C2)CC1C3.C=C(C)C(=O)OC12CC3CC(CC(O)(C3)C1)C2.C=C(C)C(=O)OC1CCOC1=O.C=C(C)C(=O)OCC(=O)OCC(=O)OC1(C)C2CC3CC(C2)CC1C3. The van der Waals surface area contributed by atoms with Gasteiger partial charge in [-0.3, -0.25) is 0 Å². The first-order chi connectivity index (χ1) is 42.2. The van der Waals surface area contributed by atoms with E-state index in [2.05, 4.69) is 63.1 Å². The van der Waals surface area contributed by atoms with E-state index < -0.39 is 66.0 Å². The van der Waals surface area contributed by atoms with Gasteiger partial charge in [0.25, 0.3) is 0 Å². The molecule has 3 unspecified atom stereocenters. The number of carbonyl (C=O) groups is 8. The fourth-order valence-electron chi connectivity index (χ4n) is 20.3. The Kier molecular flexibility index (Phi) is 20.8. The Bertz CT molecular complexity index is 2750. The molecule has 17 heteroatoms. The van der Waals surface area contributed by atoms with Crippen molar-refractivity contribution in [3.8, 4) is 0 Å². The van der Waals surface area contributed by atoms with E-state index in [1.165, 1.54) is 90.9 Å². The molecule has 0 aromatic carbocycles. The van der Waals surface area contributed by atoms with Crippen LogP contribution in [-0.4, -0.2) is 107 Å². The third kappa shape index (κ3) is 15.1. The highest BCUT2D eigenvalue weighted by Crippen LogP contribution is 2.64. The maximum absolute atomic E-state index is 12.2. The molecule has 16 saturated carbocycles. The molecule has 17 fully saturated rings. The Labute approximate surface area is 534 Å².